The number of aryl methyl sites for hydroxylation is 1. The third kappa shape index (κ3) is 4.79. The first-order chi connectivity index (χ1) is 28.0. The fourth-order valence-corrected chi connectivity index (χ4v) is 9.87. The van der Waals surface area contributed by atoms with Crippen LogP contribution >= 0.6 is 0 Å². The van der Waals surface area contributed by atoms with Gasteiger partial charge in [-0.3, -0.25) is 0 Å². The van der Waals surface area contributed by atoms with E-state index in [2.05, 4.69) is 184 Å². The quantitative estimate of drug-likeness (QED) is 0.169. The first kappa shape index (κ1) is 32.2. The fraction of sp³-hybridized carbons (Fsp3) is 0.0909. The molecule has 12 rings (SSSR count). The van der Waals surface area contributed by atoms with Crippen molar-refractivity contribution in [3.63, 3.8) is 0 Å². The van der Waals surface area contributed by atoms with Gasteiger partial charge in [-0.25, -0.2) is 9.97 Å². The topological polar surface area (TPSA) is 25.8 Å². The molecule has 2 aliphatic carbocycles. The van der Waals surface area contributed by atoms with Crippen molar-refractivity contribution in [3.05, 3.63) is 192 Å². The van der Waals surface area contributed by atoms with Crippen LogP contribution in [0.25, 0.3) is 99.6 Å². The van der Waals surface area contributed by atoms with Crippen molar-refractivity contribution in [3.8, 4) is 67.3 Å². The van der Waals surface area contributed by atoms with Crippen LogP contribution in [0.3, 0.4) is 0 Å². The van der Waals surface area contributed by atoms with Gasteiger partial charge in [-0.2, -0.15) is 0 Å². The molecular weight excluding hydrogens is 689 g/mol. The van der Waals surface area contributed by atoms with Gasteiger partial charge in [-0.05, 0) is 108 Å². The Bertz CT molecular complexity index is 3230. The van der Waals surface area contributed by atoms with E-state index >= 15 is 0 Å². The van der Waals surface area contributed by atoms with E-state index < -0.39 is 0 Å². The molecule has 0 fully saturated rings. The Morgan fingerprint density at radius 3 is 1.91 bits per heavy atom. The molecule has 0 aliphatic heterocycles. The molecule has 2 heteroatoms. The lowest BCUT2D eigenvalue weighted by Gasteiger charge is -2.22. The van der Waals surface area contributed by atoms with Gasteiger partial charge in [0.2, 0.25) is 0 Å². The van der Waals surface area contributed by atoms with Gasteiger partial charge in [0, 0.05) is 27.7 Å². The zero-order valence-electron chi connectivity index (χ0n) is 31.8. The molecule has 0 saturated heterocycles. The Balaban J connectivity index is 0.942. The van der Waals surface area contributed by atoms with Crippen molar-refractivity contribution < 1.29 is 0 Å². The summed E-state index contributed by atoms with van der Waals surface area (Å²) < 4.78 is 0. The van der Waals surface area contributed by atoms with Crippen LogP contribution in [0.15, 0.2) is 158 Å². The van der Waals surface area contributed by atoms with E-state index in [-0.39, 0.29) is 5.41 Å². The lowest BCUT2D eigenvalue weighted by Crippen LogP contribution is -2.14. The van der Waals surface area contributed by atoms with Crippen LogP contribution in [-0.2, 0) is 18.3 Å². The molecule has 2 nitrogen and oxygen atoms in total. The Hall–Kier alpha value is -7.08. The van der Waals surface area contributed by atoms with E-state index in [1.54, 1.807) is 0 Å². The van der Waals surface area contributed by atoms with Gasteiger partial charge in [0.1, 0.15) is 0 Å². The second-order valence-electron chi connectivity index (χ2n) is 16.3. The molecule has 0 saturated carbocycles. The number of hydrogen-bond donors (Lipinski definition) is 0. The molecule has 266 valence electrons. The summed E-state index contributed by atoms with van der Waals surface area (Å²) in [7, 11) is 0. The minimum Gasteiger partial charge on any atom is -0.228 e. The predicted octanol–water partition coefficient (Wildman–Crippen LogP) is 13.7. The van der Waals surface area contributed by atoms with Crippen LogP contribution in [0.2, 0.25) is 0 Å². The van der Waals surface area contributed by atoms with Crippen molar-refractivity contribution in [2.45, 2.75) is 32.1 Å². The third-order valence-corrected chi connectivity index (χ3v) is 12.8. The van der Waals surface area contributed by atoms with Gasteiger partial charge in [-0.15, -0.1) is 0 Å². The minimum atomic E-state index is -0.0571. The van der Waals surface area contributed by atoms with Crippen molar-refractivity contribution in [2.75, 3.05) is 0 Å². The van der Waals surface area contributed by atoms with Gasteiger partial charge in [-0.1, -0.05) is 166 Å². The fourth-order valence-electron chi connectivity index (χ4n) is 9.87. The second kappa shape index (κ2) is 12.0. The maximum atomic E-state index is 5.34. The number of benzene rings is 8. The van der Waals surface area contributed by atoms with E-state index in [4.69, 9.17) is 9.97 Å². The van der Waals surface area contributed by atoms with Gasteiger partial charge in [0.25, 0.3) is 0 Å². The van der Waals surface area contributed by atoms with Crippen molar-refractivity contribution in [2.24, 2.45) is 0 Å². The SMILES string of the molecule is CC1(C)c2ccccc2-c2ccc(-c3c#cc(-c4nc(-c5ccc(-c6ccc7ccc8cccc9ccc6c7c89)cc5)nc5c4CCc4ccccc4-5)cc3)cc21. The molecule has 9 aromatic carbocycles. The Morgan fingerprint density at radius 2 is 1.09 bits per heavy atom. The highest BCUT2D eigenvalue weighted by atomic mass is 14.9. The van der Waals surface area contributed by atoms with Crippen LogP contribution in [0, 0.1) is 12.1 Å². The monoisotopic (exact) mass is 724 g/mol. The summed E-state index contributed by atoms with van der Waals surface area (Å²) >= 11 is 0. The normalized spacial score (nSPS) is 13.6. The summed E-state index contributed by atoms with van der Waals surface area (Å²) in [5.74, 6) is 0.722. The molecule has 2 aliphatic rings. The molecule has 0 atom stereocenters. The van der Waals surface area contributed by atoms with E-state index in [1.165, 1.54) is 82.4 Å². The van der Waals surface area contributed by atoms with Crippen LogP contribution in [0.1, 0.15) is 36.1 Å². The Kier molecular flexibility index (Phi) is 6.75. The molecule has 0 unspecified atom stereocenters. The van der Waals surface area contributed by atoms with Crippen molar-refractivity contribution >= 4 is 32.3 Å². The number of rotatable bonds is 4. The van der Waals surface area contributed by atoms with Gasteiger partial charge < -0.3 is 0 Å². The summed E-state index contributed by atoms with van der Waals surface area (Å²) in [4.78, 5) is 10.6. The summed E-state index contributed by atoms with van der Waals surface area (Å²) in [6.07, 6.45) is 1.84. The summed E-state index contributed by atoms with van der Waals surface area (Å²) in [5.41, 5.74) is 17.5. The number of nitrogens with zero attached hydrogens (tertiary/aromatic N) is 2. The smallest absolute Gasteiger partial charge is 0.160 e. The van der Waals surface area contributed by atoms with E-state index in [0.717, 1.165) is 52.3 Å². The third-order valence-electron chi connectivity index (χ3n) is 12.8. The first-order valence-corrected chi connectivity index (χ1v) is 20.0. The van der Waals surface area contributed by atoms with Gasteiger partial charge in [0.05, 0.1) is 17.0 Å². The molecule has 0 bridgehead atoms. The number of aromatic nitrogens is 2. The standard InChI is InChI=1S/C55H36N2/c1-55(2)48-13-6-5-12-44(48)45-29-27-41(32-49(45)55)33-14-20-39(21-15-33)52-47-31-24-34-8-3-4-11-43(34)53(47)57-54(56-52)40-22-16-35(17-23-40)42-28-25-38-19-18-36-9-7-10-37-26-30-46(42)51(38)50(36)37/h3-14,16-20,22-23,25-30,32H,24,31H2,1-2H3. The zero-order chi connectivity index (χ0) is 37.8. The van der Waals surface area contributed by atoms with E-state index in [1.807, 2.05) is 0 Å². The lowest BCUT2D eigenvalue weighted by atomic mass is 9.81. The molecule has 1 aromatic heterocycles. The molecule has 1 heterocycles. The van der Waals surface area contributed by atoms with Gasteiger partial charge in [0.15, 0.2) is 5.82 Å². The average molecular weight is 725 g/mol. The Labute approximate surface area is 332 Å². The molecule has 0 N–H and O–H groups in total. The van der Waals surface area contributed by atoms with Gasteiger partial charge >= 0.3 is 0 Å². The van der Waals surface area contributed by atoms with Crippen molar-refractivity contribution in [1.29, 1.82) is 0 Å². The molecular formula is C55H36N2. The predicted molar refractivity (Wildman–Crippen MR) is 236 cm³/mol. The molecule has 57 heavy (non-hydrogen) atoms. The van der Waals surface area contributed by atoms with Crippen LogP contribution < -0.4 is 0 Å². The second-order valence-corrected chi connectivity index (χ2v) is 16.3. The molecule has 0 radical (unpaired) electrons. The highest BCUT2D eigenvalue weighted by Gasteiger charge is 2.35. The zero-order valence-corrected chi connectivity index (χ0v) is 31.8. The number of hydrogen-bond acceptors (Lipinski definition) is 2. The molecule has 0 spiro atoms. The summed E-state index contributed by atoms with van der Waals surface area (Å²) in [6, 6.07) is 64.7. The highest BCUT2D eigenvalue weighted by molar-refractivity contribution is 6.25. The lowest BCUT2D eigenvalue weighted by molar-refractivity contribution is 0.660. The Morgan fingerprint density at radius 1 is 0.456 bits per heavy atom. The maximum absolute atomic E-state index is 5.34. The largest absolute Gasteiger partial charge is 0.228 e. The van der Waals surface area contributed by atoms with E-state index in [9.17, 15) is 0 Å². The van der Waals surface area contributed by atoms with Crippen LogP contribution in [-0.4, -0.2) is 9.97 Å². The number of fused-ring (bicyclic) bond motifs is 6. The average Bonchev–Trinajstić information content (AvgIpc) is 3.50. The first-order valence-electron chi connectivity index (χ1n) is 20.0. The van der Waals surface area contributed by atoms with Crippen LogP contribution in [0.5, 0.6) is 0 Å². The maximum Gasteiger partial charge on any atom is 0.160 e. The highest BCUT2D eigenvalue weighted by Crippen LogP contribution is 2.49. The molecule has 0 amide bonds. The minimum absolute atomic E-state index is 0.0571. The van der Waals surface area contributed by atoms with Crippen LogP contribution in [0.4, 0.5) is 0 Å². The van der Waals surface area contributed by atoms with E-state index in [0.29, 0.717) is 0 Å². The summed E-state index contributed by atoms with van der Waals surface area (Å²) in [6.45, 7) is 4.66. The van der Waals surface area contributed by atoms with Crippen molar-refractivity contribution in [1.82, 2.24) is 9.97 Å². The summed E-state index contributed by atoms with van der Waals surface area (Å²) in [5, 5.41) is 7.78. The molecule has 10 aromatic rings.